The minimum Gasteiger partial charge on any atom is -0.480 e. The second-order valence-corrected chi connectivity index (χ2v) is 5.96. The van der Waals surface area contributed by atoms with Crippen LogP contribution >= 0.6 is 0 Å². The standard InChI is InChI=1S/C12H17NO3S/c1-8(2)11(12(14)15)17(16)7-10-4-9(3)5-13-6-10/h4-6,8,11H,7H2,1-3H3,(H,14,15). The van der Waals surface area contributed by atoms with E-state index in [4.69, 9.17) is 5.11 Å². The van der Waals surface area contributed by atoms with Crippen molar-refractivity contribution in [3.63, 3.8) is 0 Å². The Morgan fingerprint density at radius 1 is 1.47 bits per heavy atom. The lowest BCUT2D eigenvalue weighted by Gasteiger charge is -2.15. The lowest BCUT2D eigenvalue weighted by molar-refractivity contribution is -0.137. The van der Waals surface area contributed by atoms with Crippen molar-refractivity contribution in [1.29, 1.82) is 0 Å². The Bertz CT molecular complexity index is 432. The second-order valence-electron chi connectivity index (χ2n) is 4.40. The fourth-order valence-corrected chi connectivity index (χ4v) is 3.15. The molecule has 0 saturated carbocycles. The smallest absolute Gasteiger partial charge is 0.319 e. The number of carboxylic acid groups (broad SMARTS) is 1. The Morgan fingerprint density at radius 2 is 2.12 bits per heavy atom. The van der Waals surface area contributed by atoms with Crippen LogP contribution in [0.25, 0.3) is 0 Å². The van der Waals surface area contributed by atoms with Gasteiger partial charge in [-0.1, -0.05) is 19.9 Å². The molecule has 1 rings (SSSR count). The average Bonchev–Trinajstić information content (AvgIpc) is 2.15. The highest BCUT2D eigenvalue weighted by Gasteiger charge is 2.28. The van der Waals surface area contributed by atoms with Gasteiger partial charge in [0.2, 0.25) is 0 Å². The highest BCUT2D eigenvalue weighted by molar-refractivity contribution is 7.85. The lowest BCUT2D eigenvalue weighted by Crippen LogP contribution is -2.31. The van der Waals surface area contributed by atoms with E-state index in [0.29, 0.717) is 0 Å². The first-order valence-electron chi connectivity index (χ1n) is 5.42. The van der Waals surface area contributed by atoms with E-state index in [1.165, 1.54) is 0 Å². The summed E-state index contributed by atoms with van der Waals surface area (Å²) in [6.07, 6.45) is 3.34. The quantitative estimate of drug-likeness (QED) is 0.870. The van der Waals surface area contributed by atoms with Gasteiger partial charge in [-0.15, -0.1) is 0 Å². The number of carboxylic acids is 1. The molecule has 0 spiro atoms. The second kappa shape index (κ2) is 5.91. The van der Waals surface area contributed by atoms with Crippen LogP contribution in [0.15, 0.2) is 18.5 Å². The molecule has 0 radical (unpaired) electrons. The molecule has 1 aromatic heterocycles. The van der Waals surface area contributed by atoms with E-state index in [2.05, 4.69) is 4.98 Å². The van der Waals surface area contributed by atoms with Crippen molar-refractivity contribution in [3.8, 4) is 0 Å². The zero-order chi connectivity index (χ0) is 13.0. The lowest BCUT2D eigenvalue weighted by atomic mass is 10.1. The first-order valence-corrected chi connectivity index (χ1v) is 6.80. The molecular weight excluding hydrogens is 238 g/mol. The van der Waals surface area contributed by atoms with Crippen molar-refractivity contribution in [1.82, 2.24) is 4.98 Å². The third-order valence-electron chi connectivity index (χ3n) is 2.37. The molecule has 1 heterocycles. The van der Waals surface area contributed by atoms with Crippen LogP contribution in [-0.2, 0) is 21.3 Å². The molecular formula is C12H17NO3S. The summed E-state index contributed by atoms with van der Waals surface area (Å²) in [7, 11) is -1.42. The van der Waals surface area contributed by atoms with Crippen LogP contribution in [0.1, 0.15) is 25.0 Å². The fourth-order valence-electron chi connectivity index (χ4n) is 1.65. The van der Waals surface area contributed by atoms with Crippen molar-refractivity contribution < 1.29 is 14.1 Å². The molecule has 0 aliphatic heterocycles. The van der Waals surface area contributed by atoms with Crippen LogP contribution < -0.4 is 0 Å². The first-order chi connectivity index (χ1) is 7.91. The van der Waals surface area contributed by atoms with Gasteiger partial charge >= 0.3 is 5.97 Å². The van der Waals surface area contributed by atoms with Crippen molar-refractivity contribution >= 4 is 16.8 Å². The van der Waals surface area contributed by atoms with Gasteiger partial charge in [-0.05, 0) is 24.0 Å². The summed E-state index contributed by atoms with van der Waals surface area (Å²) in [6, 6.07) is 1.88. The summed E-state index contributed by atoms with van der Waals surface area (Å²) in [5.74, 6) is -0.908. The molecule has 5 heteroatoms. The molecule has 1 aromatic rings. The van der Waals surface area contributed by atoms with Crippen molar-refractivity contribution in [2.45, 2.75) is 31.8 Å². The van der Waals surface area contributed by atoms with Gasteiger partial charge < -0.3 is 5.11 Å². The summed E-state index contributed by atoms with van der Waals surface area (Å²) >= 11 is 0. The molecule has 4 nitrogen and oxygen atoms in total. The van der Waals surface area contributed by atoms with Crippen LogP contribution in [0.3, 0.4) is 0 Å². The van der Waals surface area contributed by atoms with Crippen LogP contribution in [0.5, 0.6) is 0 Å². The molecule has 0 aliphatic carbocycles. The van der Waals surface area contributed by atoms with Gasteiger partial charge in [-0.2, -0.15) is 0 Å². The molecule has 2 unspecified atom stereocenters. The third-order valence-corrected chi connectivity index (χ3v) is 4.30. The molecule has 0 amide bonds. The first kappa shape index (κ1) is 13.8. The largest absolute Gasteiger partial charge is 0.480 e. The normalized spacial score (nSPS) is 14.6. The Morgan fingerprint density at radius 3 is 2.59 bits per heavy atom. The molecule has 1 N–H and O–H groups in total. The predicted octanol–water partition coefficient (Wildman–Crippen LogP) is 1.75. The van der Waals surface area contributed by atoms with E-state index < -0.39 is 22.0 Å². The maximum atomic E-state index is 12.0. The molecule has 0 aromatic carbocycles. The third kappa shape index (κ3) is 3.93. The highest BCUT2D eigenvalue weighted by Crippen LogP contribution is 2.14. The molecule has 17 heavy (non-hydrogen) atoms. The van der Waals surface area contributed by atoms with Crippen LogP contribution in [0, 0.1) is 12.8 Å². The topological polar surface area (TPSA) is 67.3 Å². The monoisotopic (exact) mass is 255 g/mol. The maximum Gasteiger partial charge on any atom is 0.319 e. The SMILES string of the molecule is Cc1cncc(CS(=O)C(C(=O)O)C(C)C)c1. The van der Waals surface area contributed by atoms with Crippen molar-refractivity contribution in [3.05, 3.63) is 29.6 Å². The zero-order valence-electron chi connectivity index (χ0n) is 10.2. The van der Waals surface area contributed by atoms with Crippen LogP contribution in [0.4, 0.5) is 0 Å². The maximum absolute atomic E-state index is 12.0. The van der Waals surface area contributed by atoms with E-state index in [1.807, 2.05) is 13.0 Å². The summed E-state index contributed by atoms with van der Waals surface area (Å²) in [5.41, 5.74) is 1.80. The number of hydrogen-bond acceptors (Lipinski definition) is 3. The Labute approximate surface area is 104 Å². The number of aryl methyl sites for hydroxylation is 1. The number of aromatic nitrogens is 1. The number of aliphatic carboxylic acids is 1. The van der Waals surface area contributed by atoms with Crippen molar-refractivity contribution in [2.24, 2.45) is 5.92 Å². The number of rotatable bonds is 5. The molecule has 2 atom stereocenters. The summed E-state index contributed by atoms with van der Waals surface area (Å²) in [5, 5.41) is 8.21. The summed E-state index contributed by atoms with van der Waals surface area (Å²) in [6.45, 7) is 5.44. The number of nitrogens with zero attached hydrogens (tertiary/aromatic N) is 1. The van der Waals surface area contributed by atoms with Crippen LogP contribution in [0.2, 0.25) is 0 Å². The van der Waals surface area contributed by atoms with E-state index in [0.717, 1.165) is 11.1 Å². The van der Waals surface area contributed by atoms with Gasteiger partial charge in [0.05, 0.1) is 5.75 Å². The fraction of sp³-hybridized carbons (Fsp3) is 0.500. The highest BCUT2D eigenvalue weighted by atomic mass is 32.2. The van der Waals surface area contributed by atoms with Gasteiger partial charge in [-0.3, -0.25) is 14.0 Å². The molecule has 0 saturated heterocycles. The van der Waals surface area contributed by atoms with Gasteiger partial charge in [0, 0.05) is 23.2 Å². The molecule has 0 fully saturated rings. The minimum absolute atomic E-state index is 0.147. The number of pyridine rings is 1. The Kier molecular flexibility index (Phi) is 4.81. The van der Waals surface area contributed by atoms with E-state index >= 15 is 0 Å². The number of hydrogen-bond donors (Lipinski definition) is 1. The van der Waals surface area contributed by atoms with E-state index in [9.17, 15) is 9.00 Å². The Hall–Kier alpha value is -1.23. The van der Waals surface area contributed by atoms with Gasteiger partial charge in [0.1, 0.15) is 5.25 Å². The number of carbonyl (C=O) groups is 1. The zero-order valence-corrected chi connectivity index (χ0v) is 11.0. The summed E-state index contributed by atoms with van der Waals surface area (Å²) < 4.78 is 12.0. The molecule has 0 bridgehead atoms. The van der Waals surface area contributed by atoms with E-state index in [-0.39, 0.29) is 11.7 Å². The average molecular weight is 255 g/mol. The van der Waals surface area contributed by atoms with Crippen molar-refractivity contribution in [2.75, 3.05) is 0 Å². The molecule has 94 valence electrons. The summed E-state index contributed by atoms with van der Waals surface area (Å²) in [4.78, 5) is 15.0. The van der Waals surface area contributed by atoms with Gasteiger partial charge in [0.15, 0.2) is 0 Å². The minimum atomic E-state index is -1.42. The van der Waals surface area contributed by atoms with Gasteiger partial charge in [-0.25, -0.2) is 0 Å². The van der Waals surface area contributed by atoms with Gasteiger partial charge in [0.25, 0.3) is 0 Å². The van der Waals surface area contributed by atoms with E-state index in [1.54, 1.807) is 26.2 Å². The Balaban J connectivity index is 2.81. The molecule has 0 aliphatic rings. The predicted molar refractivity (Wildman–Crippen MR) is 67.1 cm³/mol. The van der Waals surface area contributed by atoms with Crippen LogP contribution in [-0.4, -0.2) is 25.5 Å².